The zero-order valence-electron chi connectivity index (χ0n) is 11.8. The second kappa shape index (κ2) is 5.19. The standard InChI is InChI=1S/C16H15BrFN3O/c17-13-14(8-4-5-8)20-21-15(13)16(22)19-12-7-11(12)9-2-1-3-10(18)6-9/h1-3,6,8,11-12H,4-5,7H2,(H,19,22)(H,20,21)/t11-,12-/m0/s1. The largest absolute Gasteiger partial charge is 0.347 e. The summed E-state index contributed by atoms with van der Waals surface area (Å²) in [5.74, 6) is 0.280. The van der Waals surface area contributed by atoms with Crippen molar-refractivity contribution in [3.63, 3.8) is 0 Å². The van der Waals surface area contributed by atoms with E-state index in [1.807, 2.05) is 6.07 Å². The molecule has 0 radical (unpaired) electrons. The lowest BCUT2D eigenvalue weighted by Crippen LogP contribution is -2.27. The van der Waals surface area contributed by atoms with Gasteiger partial charge in [-0.05, 0) is 52.9 Å². The van der Waals surface area contributed by atoms with E-state index in [1.165, 1.54) is 12.1 Å². The number of nitrogens with zero attached hydrogens (tertiary/aromatic N) is 1. The van der Waals surface area contributed by atoms with Gasteiger partial charge in [-0.2, -0.15) is 5.10 Å². The first-order valence-corrected chi connectivity index (χ1v) is 8.23. The summed E-state index contributed by atoms with van der Waals surface area (Å²) in [4.78, 5) is 12.3. The number of hydrogen-bond donors (Lipinski definition) is 2. The number of halogens is 2. The fourth-order valence-electron chi connectivity index (χ4n) is 2.83. The molecule has 2 aromatic rings. The molecule has 1 amide bonds. The zero-order valence-corrected chi connectivity index (χ0v) is 13.4. The van der Waals surface area contributed by atoms with Crippen molar-refractivity contribution >= 4 is 21.8 Å². The Labute approximate surface area is 135 Å². The molecule has 0 spiro atoms. The average Bonchev–Trinajstić information content (AvgIpc) is 3.40. The van der Waals surface area contributed by atoms with Gasteiger partial charge in [0.2, 0.25) is 0 Å². The maximum atomic E-state index is 13.2. The average molecular weight is 364 g/mol. The Hall–Kier alpha value is -1.69. The third kappa shape index (κ3) is 2.56. The number of benzene rings is 1. The summed E-state index contributed by atoms with van der Waals surface area (Å²) in [6.07, 6.45) is 3.13. The summed E-state index contributed by atoms with van der Waals surface area (Å²) in [5.41, 5.74) is 2.36. The number of nitrogens with one attached hydrogen (secondary N) is 2. The Kier molecular flexibility index (Phi) is 3.29. The fourth-order valence-corrected chi connectivity index (χ4v) is 3.51. The van der Waals surface area contributed by atoms with Crippen molar-refractivity contribution in [3.8, 4) is 0 Å². The molecule has 6 heteroatoms. The zero-order chi connectivity index (χ0) is 15.3. The maximum Gasteiger partial charge on any atom is 0.273 e. The van der Waals surface area contributed by atoms with E-state index >= 15 is 0 Å². The Bertz CT molecular complexity index is 741. The van der Waals surface area contributed by atoms with Crippen molar-refractivity contribution in [3.05, 3.63) is 51.5 Å². The summed E-state index contributed by atoms with van der Waals surface area (Å²) in [6, 6.07) is 6.62. The summed E-state index contributed by atoms with van der Waals surface area (Å²) in [7, 11) is 0. The second-order valence-electron chi connectivity index (χ2n) is 6.05. The lowest BCUT2D eigenvalue weighted by atomic mass is 10.1. The molecule has 0 bridgehead atoms. The molecule has 1 heterocycles. The van der Waals surface area contributed by atoms with Crippen molar-refractivity contribution in [1.29, 1.82) is 0 Å². The van der Waals surface area contributed by atoms with Crippen LogP contribution in [0.25, 0.3) is 0 Å². The molecular formula is C16H15BrFN3O. The van der Waals surface area contributed by atoms with Crippen LogP contribution in [0.2, 0.25) is 0 Å². The Morgan fingerprint density at radius 1 is 1.41 bits per heavy atom. The minimum absolute atomic E-state index is 0.0577. The van der Waals surface area contributed by atoms with E-state index in [2.05, 4.69) is 31.4 Å². The van der Waals surface area contributed by atoms with E-state index in [9.17, 15) is 9.18 Å². The molecular weight excluding hydrogens is 349 g/mol. The van der Waals surface area contributed by atoms with E-state index < -0.39 is 0 Å². The molecule has 0 saturated heterocycles. The number of aromatic nitrogens is 2. The van der Waals surface area contributed by atoms with Gasteiger partial charge in [-0.3, -0.25) is 9.89 Å². The smallest absolute Gasteiger partial charge is 0.273 e. The normalized spacial score (nSPS) is 23.4. The van der Waals surface area contributed by atoms with Gasteiger partial charge in [0, 0.05) is 17.9 Å². The molecule has 2 N–H and O–H groups in total. The van der Waals surface area contributed by atoms with Gasteiger partial charge in [-0.15, -0.1) is 0 Å². The van der Waals surface area contributed by atoms with Crippen LogP contribution >= 0.6 is 15.9 Å². The van der Waals surface area contributed by atoms with Crippen LogP contribution in [0.3, 0.4) is 0 Å². The summed E-state index contributed by atoms with van der Waals surface area (Å²) >= 11 is 3.47. The molecule has 2 fully saturated rings. The molecule has 22 heavy (non-hydrogen) atoms. The first-order valence-electron chi connectivity index (χ1n) is 7.43. The molecule has 0 unspecified atom stereocenters. The minimum Gasteiger partial charge on any atom is -0.347 e. The predicted octanol–water partition coefficient (Wildman–Crippen LogP) is 3.47. The third-order valence-corrected chi connectivity index (χ3v) is 5.12. The van der Waals surface area contributed by atoms with Gasteiger partial charge in [0.1, 0.15) is 5.82 Å². The number of H-pyrrole nitrogens is 1. The van der Waals surface area contributed by atoms with Gasteiger partial charge in [-0.25, -0.2) is 4.39 Å². The molecule has 1 aromatic heterocycles. The van der Waals surface area contributed by atoms with Crippen molar-refractivity contribution in [1.82, 2.24) is 15.5 Å². The van der Waals surface area contributed by atoms with Crippen LogP contribution in [0, 0.1) is 5.82 Å². The Morgan fingerprint density at radius 2 is 2.23 bits per heavy atom. The maximum absolute atomic E-state index is 13.2. The van der Waals surface area contributed by atoms with Gasteiger partial charge in [-0.1, -0.05) is 12.1 Å². The molecule has 2 atom stereocenters. The van der Waals surface area contributed by atoms with E-state index in [1.54, 1.807) is 6.07 Å². The van der Waals surface area contributed by atoms with Crippen molar-refractivity contribution in [2.45, 2.75) is 37.1 Å². The Morgan fingerprint density at radius 3 is 2.95 bits per heavy atom. The minimum atomic E-state index is -0.237. The van der Waals surface area contributed by atoms with Gasteiger partial charge in [0.25, 0.3) is 5.91 Å². The molecule has 4 nitrogen and oxygen atoms in total. The number of aromatic amines is 1. The number of hydrogen-bond acceptors (Lipinski definition) is 2. The summed E-state index contributed by atoms with van der Waals surface area (Å²) in [5, 5.41) is 10.1. The number of carbonyl (C=O) groups excluding carboxylic acids is 1. The quantitative estimate of drug-likeness (QED) is 0.873. The van der Waals surface area contributed by atoms with Gasteiger partial charge in [0.05, 0.1) is 10.2 Å². The van der Waals surface area contributed by atoms with Crippen molar-refractivity contribution < 1.29 is 9.18 Å². The predicted molar refractivity (Wildman–Crippen MR) is 83.3 cm³/mol. The lowest BCUT2D eigenvalue weighted by Gasteiger charge is -2.04. The van der Waals surface area contributed by atoms with E-state index in [-0.39, 0.29) is 23.7 Å². The SMILES string of the molecule is O=C(N[C@H]1C[C@H]1c1cccc(F)c1)c1n[nH]c(C2CC2)c1Br. The van der Waals surface area contributed by atoms with Crippen LogP contribution in [0.15, 0.2) is 28.7 Å². The first kappa shape index (κ1) is 13.9. The van der Waals surface area contributed by atoms with Crippen LogP contribution < -0.4 is 5.32 Å². The van der Waals surface area contributed by atoms with Crippen LogP contribution in [-0.2, 0) is 0 Å². The highest BCUT2D eigenvalue weighted by molar-refractivity contribution is 9.10. The van der Waals surface area contributed by atoms with E-state index in [0.29, 0.717) is 11.6 Å². The van der Waals surface area contributed by atoms with Crippen LogP contribution in [0.1, 0.15) is 52.8 Å². The highest BCUT2D eigenvalue weighted by Gasteiger charge is 2.40. The monoisotopic (exact) mass is 363 g/mol. The second-order valence-corrected chi connectivity index (χ2v) is 6.84. The lowest BCUT2D eigenvalue weighted by molar-refractivity contribution is 0.0944. The van der Waals surface area contributed by atoms with Gasteiger partial charge >= 0.3 is 0 Å². The molecule has 2 aliphatic carbocycles. The van der Waals surface area contributed by atoms with Gasteiger partial charge < -0.3 is 5.32 Å². The molecule has 2 aliphatic rings. The number of amides is 1. The summed E-state index contributed by atoms with van der Waals surface area (Å²) < 4.78 is 14.0. The van der Waals surface area contributed by atoms with E-state index in [4.69, 9.17) is 0 Å². The van der Waals surface area contributed by atoms with Crippen molar-refractivity contribution in [2.75, 3.05) is 0 Å². The first-order chi connectivity index (χ1) is 10.6. The highest BCUT2D eigenvalue weighted by atomic mass is 79.9. The van der Waals surface area contributed by atoms with E-state index in [0.717, 1.165) is 35.0 Å². The number of carbonyl (C=O) groups is 1. The van der Waals surface area contributed by atoms with Crippen molar-refractivity contribution in [2.24, 2.45) is 0 Å². The highest BCUT2D eigenvalue weighted by Crippen LogP contribution is 2.44. The Balaban J connectivity index is 1.43. The molecule has 4 rings (SSSR count). The van der Waals surface area contributed by atoms with Crippen LogP contribution in [-0.4, -0.2) is 22.1 Å². The molecule has 0 aliphatic heterocycles. The summed E-state index contributed by atoms with van der Waals surface area (Å²) in [6.45, 7) is 0. The van der Waals surface area contributed by atoms with Crippen LogP contribution in [0.4, 0.5) is 4.39 Å². The molecule has 2 saturated carbocycles. The fraction of sp³-hybridized carbons (Fsp3) is 0.375. The number of rotatable bonds is 4. The van der Waals surface area contributed by atoms with Gasteiger partial charge in [0.15, 0.2) is 5.69 Å². The molecule has 1 aromatic carbocycles. The van der Waals surface area contributed by atoms with Crippen LogP contribution in [0.5, 0.6) is 0 Å². The third-order valence-electron chi connectivity index (χ3n) is 4.32. The molecule has 114 valence electrons. The topological polar surface area (TPSA) is 57.8 Å².